The Labute approximate surface area is 138 Å². The lowest BCUT2D eigenvalue weighted by molar-refractivity contribution is -0.114. The SMILES string of the molecule is CC.CC(=O)Nc1c(C)cc(C)cc1SCc1ccccc1. The summed E-state index contributed by atoms with van der Waals surface area (Å²) < 4.78 is 0. The third-order valence-corrected chi connectivity index (χ3v) is 4.09. The lowest BCUT2D eigenvalue weighted by Gasteiger charge is -2.14. The van der Waals surface area contributed by atoms with Crippen LogP contribution in [0.1, 0.15) is 37.5 Å². The summed E-state index contributed by atoms with van der Waals surface area (Å²) in [5.41, 5.74) is 4.54. The van der Waals surface area contributed by atoms with Gasteiger partial charge in [-0.15, -0.1) is 11.8 Å². The number of hydrogen-bond acceptors (Lipinski definition) is 2. The van der Waals surface area contributed by atoms with Crippen molar-refractivity contribution in [2.24, 2.45) is 0 Å². The summed E-state index contributed by atoms with van der Waals surface area (Å²) in [4.78, 5) is 12.5. The highest BCUT2D eigenvalue weighted by Gasteiger charge is 2.09. The van der Waals surface area contributed by atoms with Gasteiger partial charge in [-0.2, -0.15) is 0 Å². The zero-order valence-corrected chi connectivity index (χ0v) is 14.9. The Morgan fingerprint density at radius 3 is 2.32 bits per heavy atom. The lowest BCUT2D eigenvalue weighted by atomic mass is 10.1. The van der Waals surface area contributed by atoms with Crippen LogP contribution >= 0.6 is 11.8 Å². The fraction of sp³-hybridized carbons (Fsp3) is 0.316. The molecular weight excluding hydrogens is 290 g/mol. The molecule has 0 aliphatic carbocycles. The molecule has 0 radical (unpaired) electrons. The van der Waals surface area contributed by atoms with Gasteiger partial charge in [0, 0.05) is 17.6 Å². The smallest absolute Gasteiger partial charge is 0.221 e. The van der Waals surface area contributed by atoms with Crippen LogP contribution in [-0.4, -0.2) is 5.91 Å². The number of anilines is 1. The fourth-order valence-corrected chi connectivity index (χ4v) is 3.25. The quantitative estimate of drug-likeness (QED) is 0.746. The molecule has 0 fully saturated rings. The molecule has 2 nitrogen and oxygen atoms in total. The van der Waals surface area contributed by atoms with Crippen LogP contribution in [0.15, 0.2) is 47.4 Å². The Balaban J connectivity index is 0.00000116. The minimum atomic E-state index is -0.0292. The van der Waals surface area contributed by atoms with Gasteiger partial charge >= 0.3 is 0 Å². The van der Waals surface area contributed by atoms with E-state index in [1.165, 1.54) is 11.1 Å². The molecule has 0 aromatic heterocycles. The molecule has 0 aliphatic heterocycles. The van der Waals surface area contributed by atoms with Crippen LogP contribution in [0.4, 0.5) is 5.69 Å². The highest BCUT2D eigenvalue weighted by Crippen LogP contribution is 2.33. The first-order valence-corrected chi connectivity index (χ1v) is 8.60. The molecular formula is C19H25NOS. The van der Waals surface area contributed by atoms with E-state index in [9.17, 15) is 4.79 Å². The summed E-state index contributed by atoms with van der Waals surface area (Å²) >= 11 is 1.76. The van der Waals surface area contributed by atoms with Gasteiger partial charge < -0.3 is 5.32 Å². The van der Waals surface area contributed by atoms with Crippen molar-refractivity contribution in [2.75, 3.05) is 5.32 Å². The number of thioether (sulfide) groups is 1. The normalized spacial score (nSPS) is 9.68. The van der Waals surface area contributed by atoms with Crippen molar-refractivity contribution in [2.45, 2.75) is 45.3 Å². The van der Waals surface area contributed by atoms with Gasteiger partial charge in [0.1, 0.15) is 0 Å². The molecule has 0 aliphatic rings. The van der Waals surface area contributed by atoms with Crippen LogP contribution in [0.3, 0.4) is 0 Å². The maximum Gasteiger partial charge on any atom is 0.221 e. The van der Waals surface area contributed by atoms with Gasteiger partial charge in [0.2, 0.25) is 5.91 Å². The molecule has 2 rings (SSSR count). The average molecular weight is 315 g/mol. The monoisotopic (exact) mass is 315 g/mol. The van der Waals surface area contributed by atoms with Crippen molar-refractivity contribution in [1.29, 1.82) is 0 Å². The second kappa shape index (κ2) is 9.31. The summed E-state index contributed by atoms with van der Waals surface area (Å²) in [6.45, 7) is 9.66. The zero-order chi connectivity index (χ0) is 16.5. The number of hydrogen-bond donors (Lipinski definition) is 1. The van der Waals surface area contributed by atoms with E-state index in [4.69, 9.17) is 0 Å². The van der Waals surface area contributed by atoms with Crippen molar-refractivity contribution >= 4 is 23.4 Å². The maximum absolute atomic E-state index is 11.4. The van der Waals surface area contributed by atoms with Gasteiger partial charge in [-0.3, -0.25) is 4.79 Å². The van der Waals surface area contributed by atoms with Crippen molar-refractivity contribution in [3.63, 3.8) is 0 Å². The molecule has 0 spiro atoms. The standard InChI is InChI=1S/C17H19NOS.C2H6/c1-12-9-13(2)17(18-14(3)19)16(10-12)20-11-15-7-5-4-6-8-15;1-2/h4-10H,11H2,1-3H3,(H,18,19);1-2H3. The molecule has 0 saturated heterocycles. The Morgan fingerprint density at radius 2 is 1.73 bits per heavy atom. The second-order valence-corrected chi connectivity index (χ2v) is 5.93. The topological polar surface area (TPSA) is 29.1 Å². The van der Waals surface area contributed by atoms with E-state index >= 15 is 0 Å². The number of aryl methyl sites for hydroxylation is 2. The molecule has 22 heavy (non-hydrogen) atoms. The number of rotatable bonds is 4. The highest BCUT2D eigenvalue weighted by atomic mass is 32.2. The van der Waals surface area contributed by atoms with Gasteiger partial charge in [-0.05, 0) is 36.6 Å². The highest BCUT2D eigenvalue weighted by molar-refractivity contribution is 7.98. The first-order valence-electron chi connectivity index (χ1n) is 7.62. The summed E-state index contributed by atoms with van der Waals surface area (Å²) in [6.07, 6.45) is 0. The third-order valence-electron chi connectivity index (χ3n) is 2.98. The minimum Gasteiger partial charge on any atom is -0.325 e. The maximum atomic E-state index is 11.4. The number of benzene rings is 2. The average Bonchev–Trinajstić information content (AvgIpc) is 2.51. The zero-order valence-electron chi connectivity index (χ0n) is 14.1. The van der Waals surface area contributed by atoms with Crippen LogP contribution < -0.4 is 5.32 Å². The number of amides is 1. The summed E-state index contributed by atoms with van der Waals surface area (Å²) in [5, 5.41) is 2.95. The molecule has 0 atom stereocenters. The molecule has 2 aromatic carbocycles. The number of nitrogens with one attached hydrogen (secondary N) is 1. The van der Waals surface area contributed by atoms with Gasteiger partial charge in [0.05, 0.1) is 5.69 Å². The van der Waals surface area contributed by atoms with Crippen LogP contribution in [-0.2, 0) is 10.5 Å². The predicted octanol–water partition coefficient (Wildman–Crippen LogP) is 5.58. The molecule has 0 saturated carbocycles. The largest absolute Gasteiger partial charge is 0.325 e. The molecule has 0 bridgehead atoms. The van der Waals surface area contributed by atoms with Gasteiger partial charge in [0.25, 0.3) is 0 Å². The number of carbonyl (C=O) groups excluding carboxylic acids is 1. The Kier molecular flexibility index (Phi) is 7.75. The van der Waals surface area contributed by atoms with Crippen LogP contribution in [0.25, 0.3) is 0 Å². The van der Waals surface area contributed by atoms with Gasteiger partial charge in [0.15, 0.2) is 0 Å². The van der Waals surface area contributed by atoms with Crippen LogP contribution in [0, 0.1) is 13.8 Å². The number of carbonyl (C=O) groups is 1. The minimum absolute atomic E-state index is 0.0292. The van der Waals surface area contributed by atoms with Gasteiger partial charge in [-0.1, -0.05) is 50.2 Å². The Morgan fingerprint density at radius 1 is 1.09 bits per heavy atom. The molecule has 1 amide bonds. The lowest BCUT2D eigenvalue weighted by Crippen LogP contribution is -2.08. The summed E-state index contributed by atoms with van der Waals surface area (Å²) in [7, 11) is 0. The van der Waals surface area contributed by atoms with Crippen LogP contribution in [0.2, 0.25) is 0 Å². The van der Waals surface area contributed by atoms with E-state index in [1.54, 1.807) is 18.7 Å². The van der Waals surface area contributed by atoms with Crippen LogP contribution in [0.5, 0.6) is 0 Å². The van der Waals surface area contributed by atoms with E-state index in [1.807, 2.05) is 39.0 Å². The molecule has 118 valence electrons. The third kappa shape index (κ3) is 5.57. The molecule has 1 N–H and O–H groups in total. The summed E-state index contributed by atoms with van der Waals surface area (Å²) in [6, 6.07) is 14.6. The van der Waals surface area contributed by atoms with E-state index in [0.717, 1.165) is 21.9 Å². The Bertz CT molecular complexity index is 608. The van der Waals surface area contributed by atoms with Crippen molar-refractivity contribution in [1.82, 2.24) is 0 Å². The Hall–Kier alpha value is -1.74. The van der Waals surface area contributed by atoms with E-state index in [-0.39, 0.29) is 5.91 Å². The van der Waals surface area contributed by atoms with Crippen molar-refractivity contribution in [3.05, 3.63) is 59.2 Å². The van der Waals surface area contributed by atoms with E-state index in [0.29, 0.717) is 0 Å². The first kappa shape index (κ1) is 18.3. The molecule has 0 unspecified atom stereocenters. The first-order chi connectivity index (χ1) is 10.6. The van der Waals surface area contributed by atoms with Crippen molar-refractivity contribution in [3.8, 4) is 0 Å². The molecule has 3 heteroatoms. The molecule has 2 aromatic rings. The van der Waals surface area contributed by atoms with E-state index in [2.05, 4.69) is 36.5 Å². The van der Waals surface area contributed by atoms with Crippen molar-refractivity contribution < 1.29 is 4.79 Å². The van der Waals surface area contributed by atoms with Gasteiger partial charge in [-0.25, -0.2) is 0 Å². The second-order valence-electron chi connectivity index (χ2n) is 4.91. The molecule has 0 heterocycles. The fourth-order valence-electron chi connectivity index (χ4n) is 2.11. The van der Waals surface area contributed by atoms with E-state index < -0.39 is 0 Å². The summed E-state index contributed by atoms with van der Waals surface area (Å²) in [5.74, 6) is 0.870. The predicted molar refractivity (Wildman–Crippen MR) is 97.6 cm³/mol.